The summed E-state index contributed by atoms with van der Waals surface area (Å²) in [6, 6.07) is 15.3. The lowest BCUT2D eigenvalue weighted by molar-refractivity contribution is -0.135. The molecule has 0 aliphatic carbocycles. The molecule has 6 heterocycles. The number of hydrogen-bond donors (Lipinski definition) is 5. The number of hydrogen-bond acceptors (Lipinski definition) is 11. The normalized spacial score (nSPS) is 24.3. The standard InChI is InChI=1S/C40H51N9O4/c41-33(32-3-1-2-4-36(32)50)22-35-38(42)43-23-30-25-47(19-20-48(30)35)28-12-14-45(15-13-28)24-26-9-16-46(17-10-26)29-5-6-31-27(21-29)11-18-49(40(31)53)34-7-8-37(51)44-39(34)52/h1-6,11,18,21-22,26,28,30,34,43,50H,7-10,12-17,19-20,23-25,41-42H2,(H,44,51,52)/b33-22-. The molecule has 2 atom stereocenters. The number of aromatic nitrogens is 1. The van der Waals surface area contributed by atoms with Crippen LogP contribution in [0.2, 0.25) is 0 Å². The van der Waals surface area contributed by atoms with Gasteiger partial charge in [-0.15, -0.1) is 0 Å². The van der Waals surface area contributed by atoms with Crippen molar-refractivity contribution in [1.82, 2.24) is 29.9 Å². The number of nitrogens with two attached hydrogens (primary N) is 2. The number of para-hydroxylation sites is 1. The van der Waals surface area contributed by atoms with Crippen LogP contribution in [0.3, 0.4) is 0 Å². The number of fused-ring (bicyclic) bond motifs is 2. The van der Waals surface area contributed by atoms with Crippen molar-refractivity contribution < 1.29 is 14.7 Å². The second-order valence-corrected chi connectivity index (χ2v) is 15.4. The van der Waals surface area contributed by atoms with Crippen LogP contribution in [0.4, 0.5) is 5.69 Å². The molecule has 4 fully saturated rings. The molecule has 2 amide bonds. The average molecular weight is 722 g/mol. The van der Waals surface area contributed by atoms with E-state index in [4.69, 9.17) is 11.5 Å². The van der Waals surface area contributed by atoms with Gasteiger partial charge in [0.15, 0.2) is 0 Å². The predicted octanol–water partition coefficient (Wildman–Crippen LogP) is 2.08. The first-order valence-electron chi connectivity index (χ1n) is 19.2. The number of piperazine rings is 1. The third-order valence-corrected chi connectivity index (χ3v) is 12.2. The van der Waals surface area contributed by atoms with Gasteiger partial charge in [-0.3, -0.25) is 24.6 Å². The number of likely N-dealkylation sites (tertiary alicyclic amines) is 1. The first-order chi connectivity index (χ1) is 25.7. The quantitative estimate of drug-likeness (QED) is 0.227. The van der Waals surface area contributed by atoms with E-state index < -0.39 is 11.9 Å². The molecule has 7 N–H and O–H groups in total. The minimum Gasteiger partial charge on any atom is -0.507 e. The van der Waals surface area contributed by atoms with Crippen LogP contribution in [-0.2, 0) is 9.59 Å². The number of amides is 2. The number of aromatic hydroxyl groups is 1. The van der Waals surface area contributed by atoms with Crippen molar-refractivity contribution in [2.75, 3.05) is 63.8 Å². The first kappa shape index (κ1) is 35.0. The van der Waals surface area contributed by atoms with Gasteiger partial charge in [0.1, 0.15) is 17.6 Å². The Kier molecular flexibility index (Phi) is 9.78. The fraction of sp³-hybridized carbons (Fsp3) is 0.475. The van der Waals surface area contributed by atoms with Crippen LogP contribution in [0.25, 0.3) is 16.5 Å². The van der Waals surface area contributed by atoms with E-state index in [0.29, 0.717) is 46.9 Å². The molecule has 8 rings (SSSR count). The third kappa shape index (κ3) is 7.19. The third-order valence-electron chi connectivity index (χ3n) is 12.2. The molecule has 0 radical (unpaired) electrons. The number of anilines is 1. The van der Waals surface area contributed by atoms with Crippen LogP contribution >= 0.6 is 0 Å². The molecule has 0 bridgehead atoms. The lowest BCUT2D eigenvalue weighted by Gasteiger charge is -2.49. The Morgan fingerprint density at radius 2 is 1.70 bits per heavy atom. The van der Waals surface area contributed by atoms with Crippen LogP contribution in [0.5, 0.6) is 5.75 Å². The van der Waals surface area contributed by atoms with E-state index in [0.717, 1.165) is 88.5 Å². The number of pyridine rings is 1. The second kappa shape index (κ2) is 14.8. The Morgan fingerprint density at radius 1 is 0.906 bits per heavy atom. The Bertz CT molecular complexity index is 1990. The van der Waals surface area contributed by atoms with Crippen LogP contribution in [0.15, 0.2) is 77.1 Å². The van der Waals surface area contributed by atoms with Crippen LogP contribution < -0.4 is 32.6 Å². The van der Waals surface area contributed by atoms with Gasteiger partial charge >= 0.3 is 0 Å². The summed E-state index contributed by atoms with van der Waals surface area (Å²) in [5, 5.41) is 17.5. The first-order valence-corrected chi connectivity index (χ1v) is 19.2. The van der Waals surface area contributed by atoms with Crippen molar-refractivity contribution in [3.05, 3.63) is 88.2 Å². The molecule has 5 aliphatic heterocycles. The van der Waals surface area contributed by atoms with E-state index in [1.54, 1.807) is 18.3 Å². The van der Waals surface area contributed by atoms with Gasteiger partial charge in [0.05, 0.1) is 11.7 Å². The molecule has 0 spiro atoms. The SMILES string of the molecule is NC1=C(/C=C(\N)c2ccccc2O)N2CCN(C3CCN(CC4CCN(c5ccc6c(=O)n(C7CCC(=O)NC7=O)ccc6c5)CC4)CC3)CC2CN1. The molecule has 0 saturated carbocycles. The summed E-state index contributed by atoms with van der Waals surface area (Å²) < 4.78 is 1.47. The number of carbonyl (C=O) groups is 2. The van der Waals surface area contributed by atoms with Crippen molar-refractivity contribution in [2.45, 2.75) is 56.7 Å². The number of nitrogens with zero attached hydrogens (tertiary/aromatic N) is 5. The van der Waals surface area contributed by atoms with E-state index in [-0.39, 0.29) is 23.6 Å². The Hall–Kier alpha value is -5.01. The Morgan fingerprint density at radius 3 is 2.47 bits per heavy atom. The summed E-state index contributed by atoms with van der Waals surface area (Å²) in [7, 11) is 0. The zero-order valence-corrected chi connectivity index (χ0v) is 30.3. The maximum Gasteiger partial charge on any atom is 0.259 e. The number of piperidine rings is 3. The van der Waals surface area contributed by atoms with Crippen LogP contribution in [0.1, 0.15) is 50.1 Å². The zero-order valence-electron chi connectivity index (χ0n) is 30.3. The number of phenols is 1. The zero-order chi connectivity index (χ0) is 36.6. The molecule has 13 heteroatoms. The van der Waals surface area contributed by atoms with Gasteiger partial charge in [-0.25, -0.2) is 0 Å². The number of carbonyl (C=O) groups excluding carboxylic acids is 2. The lowest BCUT2D eigenvalue weighted by atomic mass is 9.93. The fourth-order valence-corrected chi connectivity index (χ4v) is 9.13. The van der Waals surface area contributed by atoms with Crippen molar-refractivity contribution >= 4 is 34.0 Å². The predicted molar refractivity (Wildman–Crippen MR) is 206 cm³/mol. The van der Waals surface area contributed by atoms with Gasteiger partial charge in [-0.2, -0.15) is 0 Å². The number of benzene rings is 2. The molecule has 1 aromatic heterocycles. The van der Waals surface area contributed by atoms with Crippen molar-refractivity contribution in [2.24, 2.45) is 17.4 Å². The van der Waals surface area contributed by atoms with E-state index in [1.807, 2.05) is 36.4 Å². The van der Waals surface area contributed by atoms with Gasteiger partial charge in [0.25, 0.3) is 5.56 Å². The molecule has 5 aliphatic rings. The van der Waals surface area contributed by atoms with E-state index >= 15 is 0 Å². The lowest BCUT2D eigenvalue weighted by Crippen LogP contribution is -2.62. The smallest absolute Gasteiger partial charge is 0.259 e. The topological polar surface area (TPSA) is 165 Å². The van der Waals surface area contributed by atoms with Gasteiger partial charge < -0.3 is 41.2 Å². The number of phenolic OH excluding ortho intramolecular Hbond substituents is 1. The van der Waals surface area contributed by atoms with Gasteiger partial charge in [-0.1, -0.05) is 12.1 Å². The van der Waals surface area contributed by atoms with Gasteiger partial charge in [-0.05, 0) is 99.0 Å². The minimum atomic E-state index is -0.655. The summed E-state index contributed by atoms with van der Waals surface area (Å²) >= 11 is 0. The molecule has 2 aromatic carbocycles. The highest BCUT2D eigenvalue weighted by Crippen LogP contribution is 2.31. The highest BCUT2D eigenvalue weighted by molar-refractivity contribution is 5.99. The van der Waals surface area contributed by atoms with E-state index in [2.05, 4.69) is 36.3 Å². The summed E-state index contributed by atoms with van der Waals surface area (Å²) in [4.78, 5) is 47.4. The number of nitrogens with one attached hydrogen (secondary N) is 2. The van der Waals surface area contributed by atoms with Crippen LogP contribution in [0, 0.1) is 5.92 Å². The van der Waals surface area contributed by atoms with Gasteiger partial charge in [0, 0.05) is 86.8 Å². The minimum absolute atomic E-state index is 0.161. The molecule has 280 valence electrons. The maximum atomic E-state index is 13.3. The van der Waals surface area contributed by atoms with E-state index in [1.165, 1.54) is 17.4 Å². The molecule has 4 saturated heterocycles. The van der Waals surface area contributed by atoms with Crippen molar-refractivity contribution in [3.63, 3.8) is 0 Å². The molecule has 2 unspecified atom stereocenters. The van der Waals surface area contributed by atoms with Gasteiger partial charge in [0.2, 0.25) is 11.8 Å². The maximum absolute atomic E-state index is 13.3. The summed E-state index contributed by atoms with van der Waals surface area (Å²) in [6.07, 6.45) is 8.83. The Balaban J connectivity index is 0.809. The largest absolute Gasteiger partial charge is 0.507 e. The monoisotopic (exact) mass is 721 g/mol. The number of allylic oxidation sites excluding steroid dienone is 1. The molecular weight excluding hydrogens is 670 g/mol. The molecular formula is C40H51N9O4. The highest BCUT2D eigenvalue weighted by Gasteiger charge is 2.36. The molecule has 3 aromatic rings. The summed E-state index contributed by atoms with van der Waals surface area (Å²) in [6.45, 7) is 9.08. The number of rotatable bonds is 7. The number of imide groups is 1. The van der Waals surface area contributed by atoms with E-state index in [9.17, 15) is 19.5 Å². The average Bonchev–Trinajstić information content (AvgIpc) is 3.17. The van der Waals surface area contributed by atoms with Crippen molar-refractivity contribution in [1.29, 1.82) is 0 Å². The summed E-state index contributed by atoms with van der Waals surface area (Å²) in [5.74, 6) is 0.764. The summed E-state index contributed by atoms with van der Waals surface area (Å²) in [5.41, 5.74) is 15.8. The molecule has 13 nitrogen and oxygen atoms in total. The second-order valence-electron chi connectivity index (χ2n) is 15.4. The van der Waals surface area contributed by atoms with Crippen molar-refractivity contribution in [3.8, 4) is 5.75 Å². The highest BCUT2D eigenvalue weighted by atomic mass is 16.3. The van der Waals surface area contributed by atoms with Crippen LogP contribution in [-0.4, -0.2) is 107 Å². The molecule has 53 heavy (non-hydrogen) atoms. The Labute approximate surface area is 309 Å². The fourth-order valence-electron chi connectivity index (χ4n) is 9.13.